The normalized spacial score (nSPS) is 12.6. The third-order valence-corrected chi connectivity index (χ3v) is 3.58. The quantitative estimate of drug-likeness (QED) is 0.898. The van der Waals surface area contributed by atoms with Crippen molar-refractivity contribution >= 4 is 17.6 Å². The van der Waals surface area contributed by atoms with Crippen molar-refractivity contribution < 1.29 is 13.2 Å². The molecule has 0 amide bonds. The largest absolute Gasteiger partial charge is 0.416 e. The van der Waals surface area contributed by atoms with Gasteiger partial charge in [-0.1, -0.05) is 0 Å². The Morgan fingerprint density at radius 3 is 2.53 bits per heavy atom. The second-order valence-corrected chi connectivity index (χ2v) is 5.76. The van der Waals surface area contributed by atoms with E-state index in [-0.39, 0.29) is 10.6 Å². The summed E-state index contributed by atoms with van der Waals surface area (Å²) in [5.41, 5.74) is -0.683. The second-order valence-electron chi connectivity index (χ2n) is 4.24. The Balaban J connectivity index is 2.74. The number of pyridine rings is 1. The molecule has 0 atom stereocenters. The fraction of sp³-hybridized carbons (Fsp3) is 0.545. The van der Waals surface area contributed by atoms with E-state index in [9.17, 15) is 13.2 Å². The molecule has 0 saturated carbocycles. The summed E-state index contributed by atoms with van der Waals surface area (Å²) in [5.74, 6) is 0.252. The summed E-state index contributed by atoms with van der Waals surface area (Å²) in [6.07, 6.45) is -1.20. The predicted octanol–water partition coefficient (Wildman–Crippen LogP) is 3.65. The highest BCUT2D eigenvalue weighted by Gasteiger charge is 2.30. The molecule has 0 unspecified atom stereocenters. The average Bonchev–Trinajstić information content (AvgIpc) is 2.26. The van der Waals surface area contributed by atoms with Crippen molar-refractivity contribution in [2.24, 2.45) is 0 Å². The number of rotatable bonds is 4. The van der Waals surface area contributed by atoms with Gasteiger partial charge in [0.25, 0.3) is 0 Å². The Hall–Kier alpha value is -0.910. The van der Waals surface area contributed by atoms with Gasteiger partial charge in [-0.05, 0) is 32.2 Å². The van der Waals surface area contributed by atoms with E-state index in [1.807, 2.05) is 20.1 Å². The number of hydrogen-bond donors (Lipinski definition) is 1. The second kappa shape index (κ2) is 5.16. The third-order valence-electron chi connectivity index (χ3n) is 2.34. The first-order chi connectivity index (χ1) is 7.74. The Morgan fingerprint density at radius 1 is 1.35 bits per heavy atom. The van der Waals surface area contributed by atoms with Gasteiger partial charge in [0.2, 0.25) is 0 Å². The molecular formula is C11H15F3N2S. The van der Waals surface area contributed by atoms with Crippen LogP contribution in [0.25, 0.3) is 0 Å². The number of alkyl halides is 3. The van der Waals surface area contributed by atoms with Gasteiger partial charge in [0.15, 0.2) is 0 Å². The van der Waals surface area contributed by atoms with Crippen LogP contribution in [0.4, 0.5) is 19.0 Å². The predicted molar refractivity (Wildman–Crippen MR) is 65.3 cm³/mol. The molecule has 2 nitrogen and oxygen atoms in total. The lowest BCUT2D eigenvalue weighted by molar-refractivity contribution is -0.137. The number of aromatic nitrogens is 1. The van der Waals surface area contributed by atoms with Crippen LogP contribution in [-0.4, -0.2) is 22.5 Å². The van der Waals surface area contributed by atoms with Crippen molar-refractivity contribution in [2.45, 2.75) is 24.8 Å². The zero-order chi connectivity index (χ0) is 13.1. The minimum absolute atomic E-state index is 0.0457. The molecule has 6 heteroatoms. The minimum atomic E-state index is -4.33. The number of anilines is 1. The van der Waals surface area contributed by atoms with E-state index < -0.39 is 11.7 Å². The summed E-state index contributed by atoms with van der Waals surface area (Å²) in [5, 5.41) is 2.92. The topological polar surface area (TPSA) is 24.9 Å². The van der Waals surface area contributed by atoms with E-state index in [0.717, 1.165) is 18.3 Å². The van der Waals surface area contributed by atoms with Crippen molar-refractivity contribution in [3.8, 4) is 0 Å². The summed E-state index contributed by atoms with van der Waals surface area (Å²) in [4.78, 5) is 3.87. The SMILES string of the molecule is CSC(C)(C)CNc1cc(C(F)(F)F)ccn1. The van der Waals surface area contributed by atoms with Crippen molar-refractivity contribution in [3.63, 3.8) is 0 Å². The van der Waals surface area contributed by atoms with Gasteiger partial charge in [0, 0.05) is 17.5 Å². The van der Waals surface area contributed by atoms with Gasteiger partial charge in [-0.2, -0.15) is 24.9 Å². The number of halogens is 3. The molecule has 96 valence electrons. The van der Waals surface area contributed by atoms with Gasteiger partial charge in [0.05, 0.1) is 5.56 Å². The molecule has 0 aliphatic carbocycles. The van der Waals surface area contributed by atoms with E-state index in [1.165, 1.54) is 0 Å². The smallest absolute Gasteiger partial charge is 0.369 e. The Bertz CT molecular complexity index is 377. The molecule has 0 bridgehead atoms. The summed E-state index contributed by atoms with van der Waals surface area (Å²) in [6.45, 7) is 4.58. The lowest BCUT2D eigenvalue weighted by atomic mass is 10.2. The lowest BCUT2D eigenvalue weighted by Crippen LogP contribution is -2.26. The highest BCUT2D eigenvalue weighted by molar-refractivity contribution is 7.99. The maximum atomic E-state index is 12.4. The number of hydrogen-bond acceptors (Lipinski definition) is 3. The van der Waals surface area contributed by atoms with Crippen LogP contribution in [0.1, 0.15) is 19.4 Å². The van der Waals surface area contributed by atoms with Crippen molar-refractivity contribution in [1.82, 2.24) is 4.98 Å². The van der Waals surface area contributed by atoms with Crippen LogP contribution in [0.2, 0.25) is 0 Å². The molecule has 0 aromatic carbocycles. The molecule has 1 rings (SSSR count). The van der Waals surface area contributed by atoms with Crippen LogP contribution in [0.15, 0.2) is 18.3 Å². The van der Waals surface area contributed by atoms with Gasteiger partial charge >= 0.3 is 6.18 Å². The van der Waals surface area contributed by atoms with E-state index in [0.29, 0.717) is 6.54 Å². The zero-order valence-corrected chi connectivity index (χ0v) is 10.7. The molecule has 0 fully saturated rings. The van der Waals surface area contributed by atoms with Gasteiger partial charge in [-0.25, -0.2) is 4.98 Å². The highest BCUT2D eigenvalue weighted by Crippen LogP contribution is 2.30. The number of thioether (sulfide) groups is 1. The summed E-state index contributed by atoms with van der Waals surface area (Å²) in [6, 6.07) is 1.99. The Kier molecular flexibility index (Phi) is 4.30. The molecule has 0 aliphatic rings. The first-order valence-electron chi connectivity index (χ1n) is 5.07. The minimum Gasteiger partial charge on any atom is -0.369 e. The molecule has 17 heavy (non-hydrogen) atoms. The first kappa shape index (κ1) is 14.2. The van der Waals surface area contributed by atoms with Crippen LogP contribution in [0.3, 0.4) is 0 Å². The van der Waals surface area contributed by atoms with E-state index >= 15 is 0 Å². The van der Waals surface area contributed by atoms with E-state index in [1.54, 1.807) is 11.8 Å². The molecule has 1 aromatic heterocycles. The first-order valence-corrected chi connectivity index (χ1v) is 6.29. The molecule has 1 aromatic rings. The molecule has 0 aliphatic heterocycles. The number of nitrogens with zero attached hydrogens (tertiary/aromatic N) is 1. The summed E-state index contributed by atoms with van der Waals surface area (Å²) < 4.78 is 37.3. The monoisotopic (exact) mass is 264 g/mol. The standard InChI is InChI=1S/C11H15F3N2S/c1-10(2,17-3)7-16-9-6-8(4-5-15-9)11(12,13)14/h4-6H,7H2,1-3H3,(H,15,16). The fourth-order valence-corrected chi connectivity index (χ4v) is 1.30. The Morgan fingerprint density at radius 2 is 2.00 bits per heavy atom. The van der Waals surface area contributed by atoms with Gasteiger partial charge < -0.3 is 5.32 Å². The summed E-state index contributed by atoms with van der Waals surface area (Å²) >= 11 is 1.64. The molecule has 1 heterocycles. The van der Waals surface area contributed by atoms with Crippen molar-refractivity contribution in [1.29, 1.82) is 0 Å². The maximum Gasteiger partial charge on any atom is 0.416 e. The van der Waals surface area contributed by atoms with Crippen LogP contribution < -0.4 is 5.32 Å². The van der Waals surface area contributed by atoms with Crippen LogP contribution >= 0.6 is 11.8 Å². The molecule has 0 radical (unpaired) electrons. The van der Waals surface area contributed by atoms with Gasteiger partial charge in [-0.3, -0.25) is 0 Å². The lowest BCUT2D eigenvalue weighted by Gasteiger charge is -2.22. The van der Waals surface area contributed by atoms with Gasteiger partial charge in [0.1, 0.15) is 5.82 Å². The Labute approximate surface area is 103 Å². The zero-order valence-electron chi connectivity index (χ0n) is 9.93. The number of nitrogens with one attached hydrogen (secondary N) is 1. The van der Waals surface area contributed by atoms with Crippen molar-refractivity contribution in [2.75, 3.05) is 18.1 Å². The van der Waals surface area contributed by atoms with Crippen LogP contribution in [0, 0.1) is 0 Å². The van der Waals surface area contributed by atoms with Gasteiger partial charge in [-0.15, -0.1) is 0 Å². The van der Waals surface area contributed by atoms with Crippen molar-refractivity contribution in [3.05, 3.63) is 23.9 Å². The molecule has 0 saturated heterocycles. The molecule has 1 N–H and O–H groups in total. The third kappa shape index (κ3) is 4.46. The highest BCUT2D eigenvalue weighted by atomic mass is 32.2. The van der Waals surface area contributed by atoms with E-state index in [4.69, 9.17) is 0 Å². The summed E-state index contributed by atoms with van der Waals surface area (Å²) in [7, 11) is 0. The fourth-order valence-electron chi connectivity index (χ4n) is 1.08. The maximum absolute atomic E-state index is 12.4. The van der Waals surface area contributed by atoms with Crippen LogP contribution in [0.5, 0.6) is 0 Å². The molecule has 0 spiro atoms. The van der Waals surface area contributed by atoms with Crippen LogP contribution in [-0.2, 0) is 6.18 Å². The molecular weight excluding hydrogens is 249 g/mol. The van der Waals surface area contributed by atoms with E-state index in [2.05, 4.69) is 10.3 Å². The average molecular weight is 264 g/mol.